The minimum absolute atomic E-state index is 0.0709. The zero-order valence-corrected chi connectivity index (χ0v) is 39.1. The van der Waals surface area contributed by atoms with Gasteiger partial charge in [0.1, 0.15) is 0 Å². The molecule has 0 heteroatoms. The first-order chi connectivity index (χ1) is 31.0. The van der Waals surface area contributed by atoms with Gasteiger partial charge in [-0.1, -0.05) is 252 Å². The highest BCUT2D eigenvalue weighted by Gasteiger charge is 2.35. The molecule has 0 saturated heterocycles. The van der Waals surface area contributed by atoms with Gasteiger partial charge in [-0.05, 0) is 129 Å². The summed E-state index contributed by atoms with van der Waals surface area (Å²) in [5.41, 5.74) is 25.2. The molecule has 0 saturated carbocycles. The second-order valence-corrected chi connectivity index (χ2v) is 17.8. The van der Waals surface area contributed by atoms with Gasteiger partial charge in [0.05, 0.1) is 0 Å². The van der Waals surface area contributed by atoms with Gasteiger partial charge in [0.15, 0.2) is 0 Å². The number of hydrogen-bond donors (Lipinski definition) is 0. The number of aryl methyl sites for hydroxylation is 3. The fourth-order valence-electron chi connectivity index (χ4n) is 9.03. The van der Waals surface area contributed by atoms with E-state index in [1.807, 2.05) is 6.08 Å². The molecule has 64 heavy (non-hydrogen) atoms. The van der Waals surface area contributed by atoms with Crippen molar-refractivity contribution in [3.05, 3.63) is 240 Å². The molecule has 0 unspecified atom stereocenters. The average molecular weight is 833 g/mol. The Balaban J connectivity index is 0.000000179. The fraction of sp³-hybridized carbons (Fsp3) is 0.188. The van der Waals surface area contributed by atoms with Crippen LogP contribution in [0.25, 0.3) is 66.8 Å². The quantitative estimate of drug-likeness (QED) is 0.120. The summed E-state index contributed by atoms with van der Waals surface area (Å²) < 4.78 is 0. The van der Waals surface area contributed by atoms with Crippen molar-refractivity contribution in [1.29, 1.82) is 0 Å². The summed E-state index contributed by atoms with van der Waals surface area (Å²) in [4.78, 5) is 0. The standard InChI is InChI=1S/C35H32.C22H20.C7H12/c1-4-8-34-33(11-7-12-35(34)32-10-6-5-9-26(32)3)31-23-21-30(22-24-31)29-19-17-28(18-20-29)27-15-13-25(2)14-16-27;1-15-9-11-18-19-12-10-17(16-7-5-4-6-8-16)14-21(19)22(2,3)20(18)13-15;1-4-6-7(3)5-2/h5-7,9-24H,4,8H2,1-3H3;4-14H,1-3H3;5H,2-4,6H2,1H3. The first-order valence-corrected chi connectivity index (χ1v) is 23.1. The van der Waals surface area contributed by atoms with E-state index in [0.717, 1.165) is 24.8 Å². The summed E-state index contributed by atoms with van der Waals surface area (Å²) in [6.45, 7) is 22.9. The second kappa shape index (κ2) is 20.6. The molecule has 8 aromatic carbocycles. The highest BCUT2D eigenvalue weighted by molar-refractivity contribution is 5.84. The molecule has 0 bridgehead atoms. The van der Waals surface area contributed by atoms with Crippen LogP contribution in [0.4, 0.5) is 0 Å². The van der Waals surface area contributed by atoms with Gasteiger partial charge in [-0.15, -0.1) is 0 Å². The molecule has 0 aliphatic heterocycles. The lowest BCUT2D eigenvalue weighted by molar-refractivity contribution is 0.660. The van der Waals surface area contributed by atoms with Crippen molar-refractivity contribution in [2.24, 2.45) is 0 Å². The number of allylic oxidation sites excluding steroid dienone is 2. The van der Waals surface area contributed by atoms with Crippen LogP contribution in [-0.2, 0) is 11.8 Å². The Kier molecular flexibility index (Phi) is 14.6. The van der Waals surface area contributed by atoms with Crippen LogP contribution in [0.5, 0.6) is 0 Å². The number of benzene rings is 8. The van der Waals surface area contributed by atoms with Crippen LogP contribution in [0.2, 0.25) is 0 Å². The molecule has 0 nitrogen and oxygen atoms in total. The van der Waals surface area contributed by atoms with Crippen LogP contribution in [0.1, 0.15) is 80.3 Å². The van der Waals surface area contributed by atoms with E-state index in [4.69, 9.17) is 0 Å². The Morgan fingerprint density at radius 1 is 0.438 bits per heavy atom. The lowest BCUT2D eigenvalue weighted by atomic mass is 9.81. The van der Waals surface area contributed by atoms with Gasteiger partial charge < -0.3 is 0 Å². The summed E-state index contributed by atoms with van der Waals surface area (Å²) in [7, 11) is 0. The minimum Gasteiger partial charge on any atom is -0.0988 e. The molecule has 0 aromatic heterocycles. The van der Waals surface area contributed by atoms with Crippen LogP contribution in [0.3, 0.4) is 0 Å². The SMILES string of the molecule is C=CC(=C)CCC.CCCc1c(-c2ccc(-c3ccc(-c4ccc(C)cc4)cc3)cc2)cccc1-c1ccccc1C.Cc1ccc2c(c1)C(C)(C)c1cc(-c3ccccc3)ccc1-2. The highest BCUT2D eigenvalue weighted by atomic mass is 14.4. The first-order valence-electron chi connectivity index (χ1n) is 23.1. The zero-order valence-electron chi connectivity index (χ0n) is 39.1. The van der Waals surface area contributed by atoms with Gasteiger partial charge in [-0.3, -0.25) is 0 Å². The maximum absolute atomic E-state index is 3.74. The monoisotopic (exact) mass is 833 g/mol. The number of hydrogen-bond acceptors (Lipinski definition) is 0. The van der Waals surface area contributed by atoms with E-state index in [9.17, 15) is 0 Å². The van der Waals surface area contributed by atoms with Crippen molar-refractivity contribution >= 4 is 0 Å². The van der Waals surface area contributed by atoms with Crippen molar-refractivity contribution in [1.82, 2.24) is 0 Å². The summed E-state index contributed by atoms with van der Waals surface area (Å²) in [5, 5.41) is 0. The largest absolute Gasteiger partial charge is 0.0988 e. The van der Waals surface area contributed by atoms with Crippen LogP contribution in [-0.4, -0.2) is 0 Å². The zero-order chi connectivity index (χ0) is 45.2. The smallest absolute Gasteiger partial charge is 0.0159 e. The molecule has 9 rings (SSSR count). The molecule has 0 N–H and O–H groups in total. The molecule has 0 radical (unpaired) electrons. The molecule has 1 aliphatic rings. The molecule has 0 spiro atoms. The molecule has 0 atom stereocenters. The Morgan fingerprint density at radius 3 is 1.47 bits per heavy atom. The van der Waals surface area contributed by atoms with Crippen molar-refractivity contribution in [3.63, 3.8) is 0 Å². The van der Waals surface area contributed by atoms with Crippen LogP contribution >= 0.6 is 0 Å². The Labute approximate surface area is 384 Å². The number of rotatable bonds is 10. The van der Waals surface area contributed by atoms with Gasteiger partial charge >= 0.3 is 0 Å². The van der Waals surface area contributed by atoms with E-state index in [2.05, 4.69) is 244 Å². The third-order valence-corrected chi connectivity index (χ3v) is 12.7. The molecule has 1 aliphatic carbocycles. The van der Waals surface area contributed by atoms with Gasteiger partial charge in [-0.2, -0.15) is 0 Å². The van der Waals surface area contributed by atoms with Crippen LogP contribution < -0.4 is 0 Å². The lowest BCUT2D eigenvalue weighted by Crippen LogP contribution is -2.15. The summed E-state index contributed by atoms with van der Waals surface area (Å²) in [5.74, 6) is 0. The van der Waals surface area contributed by atoms with E-state index >= 15 is 0 Å². The van der Waals surface area contributed by atoms with Gasteiger partial charge in [0.2, 0.25) is 0 Å². The lowest BCUT2D eigenvalue weighted by Gasteiger charge is -2.22. The third-order valence-electron chi connectivity index (χ3n) is 12.7. The Morgan fingerprint density at radius 2 is 0.906 bits per heavy atom. The molecule has 0 fully saturated rings. The normalized spacial score (nSPS) is 11.9. The van der Waals surface area contributed by atoms with E-state index in [0.29, 0.717) is 0 Å². The molecular formula is C64H64. The van der Waals surface area contributed by atoms with Gasteiger partial charge in [-0.25, -0.2) is 0 Å². The first kappa shape index (κ1) is 45.3. The molecule has 0 amide bonds. The van der Waals surface area contributed by atoms with Crippen molar-refractivity contribution in [2.45, 2.75) is 79.6 Å². The van der Waals surface area contributed by atoms with E-state index in [1.54, 1.807) is 0 Å². The van der Waals surface area contributed by atoms with Crippen molar-refractivity contribution in [3.8, 4) is 66.8 Å². The van der Waals surface area contributed by atoms with Gasteiger partial charge in [0.25, 0.3) is 0 Å². The van der Waals surface area contributed by atoms with E-state index in [-0.39, 0.29) is 5.41 Å². The fourth-order valence-corrected chi connectivity index (χ4v) is 9.03. The van der Waals surface area contributed by atoms with Crippen LogP contribution in [0, 0.1) is 20.8 Å². The van der Waals surface area contributed by atoms with E-state index < -0.39 is 0 Å². The average Bonchev–Trinajstić information content (AvgIpc) is 3.55. The minimum atomic E-state index is 0.0709. The Bertz CT molecular complexity index is 2830. The maximum Gasteiger partial charge on any atom is 0.0159 e. The summed E-state index contributed by atoms with van der Waals surface area (Å²) in [6.07, 6.45) is 6.27. The predicted molar refractivity (Wildman–Crippen MR) is 280 cm³/mol. The van der Waals surface area contributed by atoms with Gasteiger partial charge in [0, 0.05) is 5.41 Å². The number of fused-ring (bicyclic) bond motifs is 3. The van der Waals surface area contributed by atoms with E-state index in [1.165, 1.54) is 107 Å². The predicted octanol–water partition coefficient (Wildman–Crippen LogP) is 18.4. The third kappa shape index (κ3) is 10.2. The molecule has 320 valence electrons. The molecular weight excluding hydrogens is 769 g/mol. The second-order valence-electron chi connectivity index (χ2n) is 17.8. The van der Waals surface area contributed by atoms with Crippen molar-refractivity contribution in [2.75, 3.05) is 0 Å². The summed E-state index contributed by atoms with van der Waals surface area (Å²) >= 11 is 0. The molecule has 8 aromatic rings. The van der Waals surface area contributed by atoms with Crippen molar-refractivity contribution < 1.29 is 0 Å². The molecule has 0 heterocycles. The Hall–Kier alpha value is -6.76. The topological polar surface area (TPSA) is 0 Å². The maximum atomic E-state index is 3.74. The van der Waals surface area contributed by atoms with Crippen LogP contribution in [0.15, 0.2) is 207 Å². The highest BCUT2D eigenvalue weighted by Crippen LogP contribution is 2.50. The summed E-state index contributed by atoms with van der Waals surface area (Å²) in [6, 6.07) is 66.6.